The number of nitrogens with zero attached hydrogens (tertiary/aromatic N) is 2. The summed E-state index contributed by atoms with van der Waals surface area (Å²) in [6.45, 7) is 4.04. The highest BCUT2D eigenvalue weighted by atomic mass is 35.5. The van der Waals surface area contributed by atoms with E-state index in [1.165, 1.54) is 16.2 Å². The van der Waals surface area contributed by atoms with Gasteiger partial charge in [-0.15, -0.1) is 0 Å². The van der Waals surface area contributed by atoms with E-state index in [-0.39, 0.29) is 17.4 Å². The maximum absolute atomic E-state index is 13.5. The van der Waals surface area contributed by atoms with Crippen LogP contribution in [0.2, 0.25) is 5.02 Å². The van der Waals surface area contributed by atoms with Crippen molar-refractivity contribution in [2.75, 3.05) is 4.90 Å². The molecule has 1 fully saturated rings. The third-order valence-corrected chi connectivity index (χ3v) is 8.12. The zero-order valence-corrected chi connectivity index (χ0v) is 21.8. The van der Waals surface area contributed by atoms with Gasteiger partial charge in [-0.25, -0.2) is 4.98 Å². The van der Waals surface area contributed by atoms with Crippen LogP contribution in [0.4, 0.5) is 5.13 Å². The molecule has 1 N–H and O–H groups in total. The fourth-order valence-electron chi connectivity index (χ4n) is 5.00. The molecule has 3 heterocycles. The van der Waals surface area contributed by atoms with Gasteiger partial charge in [0.25, 0.3) is 5.78 Å². The van der Waals surface area contributed by atoms with Crippen molar-refractivity contribution >= 4 is 55.7 Å². The van der Waals surface area contributed by atoms with Crippen molar-refractivity contribution in [1.82, 2.24) is 4.98 Å². The standard InChI is InChI=1S/C29H23ClN2O4S/c1-3-16-4-6-17(7-5-16)25-24(26(33)18-8-11-22-19(13-18)12-15(2)36-22)27(34)28(35)32(25)29-31-21-10-9-20(30)14-23(21)37-29/h4-11,13-15,25,33H,3,12H2,1-2H3/b26-24+/t15-,25-/m1/s1. The van der Waals surface area contributed by atoms with Crippen LogP contribution in [0, 0.1) is 0 Å². The fraction of sp³-hybridized carbons (Fsp3) is 0.207. The van der Waals surface area contributed by atoms with Crippen LogP contribution in [-0.4, -0.2) is 27.9 Å². The highest BCUT2D eigenvalue weighted by Gasteiger charge is 2.48. The summed E-state index contributed by atoms with van der Waals surface area (Å²) in [4.78, 5) is 33.0. The molecule has 6 rings (SSSR count). The number of fused-ring (bicyclic) bond motifs is 2. The lowest BCUT2D eigenvalue weighted by atomic mass is 9.94. The lowest BCUT2D eigenvalue weighted by molar-refractivity contribution is -0.132. The van der Waals surface area contributed by atoms with Crippen molar-refractivity contribution in [3.8, 4) is 5.75 Å². The number of aromatic nitrogens is 1. The van der Waals surface area contributed by atoms with E-state index in [4.69, 9.17) is 16.3 Å². The molecule has 2 aliphatic heterocycles. The summed E-state index contributed by atoms with van der Waals surface area (Å²) in [6, 6.07) is 17.6. The molecule has 37 heavy (non-hydrogen) atoms. The molecule has 0 saturated carbocycles. The number of anilines is 1. The minimum Gasteiger partial charge on any atom is -0.507 e. The molecule has 0 unspecified atom stereocenters. The van der Waals surface area contributed by atoms with Crippen molar-refractivity contribution in [1.29, 1.82) is 0 Å². The summed E-state index contributed by atoms with van der Waals surface area (Å²) in [5.41, 5.74) is 3.99. The van der Waals surface area contributed by atoms with E-state index in [2.05, 4.69) is 11.9 Å². The summed E-state index contributed by atoms with van der Waals surface area (Å²) < 4.78 is 6.59. The smallest absolute Gasteiger partial charge is 0.301 e. The van der Waals surface area contributed by atoms with E-state index in [0.29, 0.717) is 33.2 Å². The van der Waals surface area contributed by atoms with Gasteiger partial charge in [0.15, 0.2) is 5.13 Å². The number of thiazole rings is 1. The number of aliphatic hydroxyl groups excluding tert-OH is 1. The highest BCUT2D eigenvalue weighted by molar-refractivity contribution is 7.22. The van der Waals surface area contributed by atoms with Crippen LogP contribution in [0.1, 0.15) is 42.1 Å². The number of carbonyl (C=O) groups excluding carboxylic acids is 2. The Morgan fingerprint density at radius 1 is 1.14 bits per heavy atom. The lowest BCUT2D eigenvalue weighted by Gasteiger charge is -2.23. The lowest BCUT2D eigenvalue weighted by Crippen LogP contribution is -2.29. The van der Waals surface area contributed by atoms with Gasteiger partial charge in [-0.05, 0) is 66.4 Å². The van der Waals surface area contributed by atoms with E-state index >= 15 is 0 Å². The molecular weight excluding hydrogens is 508 g/mol. The van der Waals surface area contributed by atoms with E-state index < -0.39 is 17.7 Å². The number of benzene rings is 3. The Morgan fingerprint density at radius 3 is 2.68 bits per heavy atom. The van der Waals surface area contributed by atoms with Crippen LogP contribution < -0.4 is 9.64 Å². The van der Waals surface area contributed by atoms with Crippen LogP contribution in [0.15, 0.2) is 66.2 Å². The van der Waals surface area contributed by atoms with Crippen LogP contribution in [0.25, 0.3) is 16.0 Å². The number of aryl methyl sites for hydroxylation is 1. The SMILES string of the molecule is CCc1ccc([C@@H]2/C(=C(\O)c3ccc4c(c3)C[C@@H](C)O4)C(=O)C(=O)N2c2nc3ccc(Cl)cc3s2)cc1. The third-order valence-electron chi connectivity index (χ3n) is 6.86. The first kappa shape index (κ1) is 23.7. The van der Waals surface area contributed by atoms with Gasteiger partial charge in [0.05, 0.1) is 21.8 Å². The Morgan fingerprint density at radius 2 is 1.92 bits per heavy atom. The molecule has 0 aliphatic carbocycles. The molecule has 0 radical (unpaired) electrons. The Kier molecular flexibility index (Phi) is 5.77. The molecule has 1 saturated heterocycles. The topological polar surface area (TPSA) is 79.7 Å². The monoisotopic (exact) mass is 530 g/mol. The molecule has 2 atom stereocenters. The number of rotatable bonds is 4. The van der Waals surface area contributed by atoms with Crippen LogP contribution >= 0.6 is 22.9 Å². The van der Waals surface area contributed by atoms with E-state index in [1.54, 1.807) is 30.3 Å². The summed E-state index contributed by atoms with van der Waals surface area (Å²) in [6.07, 6.45) is 1.61. The van der Waals surface area contributed by atoms with Crippen molar-refractivity contribution in [3.63, 3.8) is 0 Å². The van der Waals surface area contributed by atoms with Crippen molar-refractivity contribution in [3.05, 3.63) is 93.5 Å². The first-order valence-electron chi connectivity index (χ1n) is 12.1. The van der Waals surface area contributed by atoms with Gasteiger partial charge in [0, 0.05) is 17.0 Å². The largest absolute Gasteiger partial charge is 0.507 e. The van der Waals surface area contributed by atoms with Crippen LogP contribution in [-0.2, 0) is 22.4 Å². The predicted octanol–water partition coefficient (Wildman–Crippen LogP) is 6.46. The second-order valence-electron chi connectivity index (χ2n) is 9.33. The number of ether oxygens (including phenoxy) is 1. The summed E-state index contributed by atoms with van der Waals surface area (Å²) in [7, 11) is 0. The number of ketones is 1. The molecular formula is C29H23ClN2O4S. The first-order chi connectivity index (χ1) is 17.8. The molecule has 6 nitrogen and oxygen atoms in total. The quantitative estimate of drug-likeness (QED) is 0.186. The van der Waals surface area contributed by atoms with Gasteiger partial charge < -0.3 is 9.84 Å². The number of halogens is 1. The molecule has 1 amide bonds. The number of Topliss-reactive ketones (excluding diaryl/α,β-unsaturated/α-hetero) is 1. The number of hydrogen-bond acceptors (Lipinski definition) is 6. The van der Waals surface area contributed by atoms with Gasteiger partial charge >= 0.3 is 5.91 Å². The van der Waals surface area contributed by atoms with Gasteiger partial charge in [-0.1, -0.05) is 54.1 Å². The van der Waals surface area contributed by atoms with E-state index in [9.17, 15) is 14.7 Å². The number of aliphatic hydroxyl groups is 1. The average molecular weight is 531 g/mol. The zero-order chi connectivity index (χ0) is 25.8. The summed E-state index contributed by atoms with van der Waals surface area (Å²) >= 11 is 7.45. The molecule has 8 heteroatoms. The molecule has 0 bridgehead atoms. The Bertz CT molecular complexity index is 1610. The van der Waals surface area contributed by atoms with Crippen LogP contribution in [0.5, 0.6) is 5.75 Å². The van der Waals surface area contributed by atoms with Gasteiger partial charge in [-0.2, -0.15) is 0 Å². The normalized spacial score (nSPS) is 20.5. The highest BCUT2D eigenvalue weighted by Crippen LogP contribution is 2.45. The van der Waals surface area contributed by atoms with Gasteiger partial charge in [0.2, 0.25) is 0 Å². The van der Waals surface area contributed by atoms with Gasteiger partial charge in [0.1, 0.15) is 17.6 Å². The number of hydrogen-bond donors (Lipinski definition) is 1. The molecule has 186 valence electrons. The number of amides is 1. The molecule has 3 aromatic carbocycles. The Balaban J connectivity index is 1.53. The van der Waals surface area contributed by atoms with Crippen molar-refractivity contribution < 1.29 is 19.4 Å². The second-order valence-corrected chi connectivity index (χ2v) is 10.8. The maximum atomic E-state index is 13.5. The third kappa shape index (κ3) is 3.99. The molecule has 2 aliphatic rings. The Labute approximate surface area is 222 Å². The van der Waals surface area contributed by atoms with E-state index in [1.807, 2.05) is 37.3 Å². The van der Waals surface area contributed by atoms with Crippen molar-refractivity contribution in [2.45, 2.75) is 38.8 Å². The summed E-state index contributed by atoms with van der Waals surface area (Å²) in [5, 5.41) is 12.4. The maximum Gasteiger partial charge on any atom is 0.301 e. The minimum absolute atomic E-state index is 0.0402. The first-order valence-corrected chi connectivity index (χ1v) is 13.3. The Hall–Kier alpha value is -3.68. The minimum atomic E-state index is -0.828. The van der Waals surface area contributed by atoms with E-state index in [0.717, 1.165) is 28.0 Å². The second kappa shape index (κ2) is 9.01. The summed E-state index contributed by atoms with van der Waals surface area (Å²) in [5.74, 6) is -0.917. The molecule has 1 aromatic heterocycles. The molecule has 0 spiro atoms. The average Bonchev–Trinajstić information content (AvgIpc) is 3.55. The number of carbonyl (C=O) groups is 2. The fourth-order valence-corrected chi connectivity index (χ4v) is 6.26. The predicted molar refractivity (Wildman–Crippen MR) is 145 cm³/mol. The van der Waals surface area contributed by atoms with Crippen molar-refractivity contribution in [2.24, 2.45) is 0 Å². The van der Waals surface area contributed by atoms with Gasteiger partial charge in [-0.3, -0.25) is 14.5 Å². The molecule has 4 aromatic rings. The zero-order valence-electron chi connectivity index (χ0n) is 20.2. The van der Waals surface area contributed by atoms with Crippen LogP contribution in [0.3, 0.4) is 0 Å².